The lowest BCUT2D eigenvalue weighted by Crippen LogP contribution is -2.50. The highest BCUT2D eigenvalue weighted by Gasteiger charge is 2.27. The van der Waals surface area contributed by atoms with Crippen LogP contribution in [0.2, 0.25) is 0 Å². The lowest BCUT2D eigenvalue weighted by Gasteiger charge is -2.36. The minimum Gasteiger partial charge on any atom is -0.444 e. The van der Waals surface area contributed by atoms with Gasteiger partial charge in [0.05, 0.1) is 24.9 Å². The summed E-state index contributed by atoms with van der Waals surface area (Å²) in [7, 11) is 4.33. The minimum absolute atomic E-state index is 0.0475. The molecule has 2 aromatic carbocycles. The second kappa shape index (κ2) is 16.9. The summed E-state index contributed by atoms with van der Waals surface area (Å²) in [5, 5.41) is 5.67. The summed E-state index contributed by atoms with van der Waals surface area (Å²) in [6.07, 6.45) is 3.68. The van der Waals surface area contributed by atoms with Gasteiger partial charge in [-0.1, -0.05) is 0 Å². The highest BCUT2D eigenvalue weighted by atomic mass is 16.6. The number of nitrogens with one attached hydrogen (secondary N) is 2. The maximum Gasteiger partial charge on any atom is 0.410 e. The van der Waals surface area contributed by atoms with Gasteiger partial charge in [0.1, 0.15) is 24.5 Å². The van der Waals surface area contributed by atoms with Crippen molar-refractivity contribution < 1.29 is 23.5 Å². The Labute approximate surface area is 368 Å². The molecule has 6 heterocycles. The Kier molecular flexibility index (Phi) is 11.3. The lowest BCUT2D eigenvalue weighted by atomic mass is 10.2. The van der Waals surface area contributed by atoms with E-state index in [0.29, 0.717) is 43.1 Å². The van der Waals surface area contributed by atoms with E-state index in [2.05, 4.69) is 30.5 Å². The molecule has 22 nitrogen and oxygen atoms in total. The Balaban J connectivity index is 0.912. The van der Waals surface area contributed by atoms with Crippen LogP contribution in [0.25, 0.3) is 33.8 Å². The number of benzene rings is 2. The molecule has 5 aromatic heterocycles. The third-order valence-corrected chi connectivity index (χ3v) is 11.1. The van der Waals surface area contributed by atoms with Crippen LogP contribution in [0.1, 0.15) is 39.4 Å². The van der Waals surface area contributed by atoms with Crippen LogP contribution in [0.15, 0.2) is 91.0 Å². The van der Waals surface area contributed by atoms with Crippen LogP contribution >= 0.6 is 0 Å². The molecule has 0 bridgehead atoms. The normalized spacial score (nSPS) is 13.6. The predicted molar refractivity (Wildman–Crippen MR) is 239 cm³/mol. The van der Waals surface area contributed by atoms with E-state index in [0.717, 1.165) is 14.8 Å². The van der Waals surface area contributed by atoms with Crippen LogP contribution in [0.3, 0.4) is 0 Å². The largest absolute Gasteiger partial charge is 0.444 e. The van der Waals surface area contributed by atoms with Crippen LogP contribution in [-0.2, 0) is 48.6 Å². The quantitative estimate of drug-likeness (QED) is 0.201. The molecular weight excluding hydrogens is 843 g/mol. The van der Waals surface area contributed by atoms with Crippen molar-refractivity contribution >= 4 is 57.3 Å². The first-order valence-electron chi connectivity index (χ1n) is 20.6. The Hall–Kier alpha value is -8.04. The summed E-state index contributed by atoms with van der Waals surface area (Å²) >= 11 is 0. The summed E-state index contributed by atoms with van der Waals surface area (Å²) < 4.78 is 18.4. The summed E-state index contributed by atoms with van der Waals surface area (Å²) in [5.74, 6) is -0.663. The van der Waals surface area contributed by atoms with Crippen molar-refractivity contribution in [1.29, 1.82) is 0 Å². The van der Waals surface area contributed by atoms with Gasteiger partial charge in [0, 0.05) is 69.9 Å². The molecule has 1 fully saturated rings. The van der Waals surface area contributed by atoms with Crippen molar-refractivity contribution in [2.75, 3.05) is 41.7 Å². The number of carbonyl (C=O) groups is 3. The molecule has 1 atom stereocenters. The van der Waals surface area contributed by atoms with Crippen LogP contribution in [0, 0.1) is 0 Å². The number of rotatable bonds is 10. The second-order valence-corrected chi connectivity index (χ2v) is 16.7. The number of hydrogen-bond acceptors (Lipinski definition) is 13. The van der Waals surface area contributed by atoms with Crippen LogP contribution in [0.5, 0.6) is 0 Å². The van der Waals surface area contributed by atoms with E-state index < -0.39 is 46.0 Å². The van der Waals surface area contributed by atoms with Gasteiger partial charge >= 0.3 is 17.5 Å². The van der Waals surface area contributed by atoms with Gasteiger partial charge in [-0.05, 0) is 76.2 Å². The first-order valence-corrected chi connectivity index (χ1v) is 20.6. The van der Waals surface area contributed by atoms with Gasteiger partial charge in [-0.2, -0.15) is 0 Å². The molecule has 0 radical (unpaired) electrons. The molecule has 1 unspecified atom stereocenters. The SMILES string of the molecule is CC(C(=O)Nc1ccc(N2CCN(C(=O)OC(C)(C)C)CC2)cc1)n1cnc2c1c(=O)n(Cc1coc(-c3ccc(NC(=O)Cn4cnc5c4c(=O)n(C)c(=O)n5C)cc3)n1)c(=O)n2C. The highest BCUT2D eigenvalue weighted by Crippen LogP contribution is 2.24. The summed E-state index contributed by atoms with van der Waals surface area (Å²) in [5.41, 5.74) is 0.192. The average Bonchev–Trinajstić information content (AvgIpc) is 4.05. The number of anilines is 3. The van der Waals surface area contributed by atoms with E-state index in [1.165, 1.54) is 58.3 Å². The average molecular weight is 890 g/mol. The molecule has 7 aromatic rings. The molecule has 0 saturated carbocycles. The Morgan fingerprint density at radius 2 is 1.38 bits per heavy atom. The zero-order valence-corrected chi connectivity index (χ0v) is 36.8. The molecule has 1 saturated heterocycles. The van der Waals surface area contributed by atoms with E-state index in [9.17, 15) is 33.6 Å². The Morgan fingerprint density at radius 3 is 2.06 bits per heavy atom. The smallest absolute Gasteiger partial charge is 0.410 e. The fraction of sp³-hybridized carbons (Fsp3) is 0.349. The maximum absolute atomic E-state index is 14.0. The van der Waals surface area contributed by atoms with Crippen molar-refractivity contribution in [3.05, 3.63) is 115 Å². The number of amides is 3. The molecular formula is C43H47N13O9. The van der Waals surface area contributed by atoms with Crippen molar-refractivity contribution in [3.63, 3.8) is 0 Å². The van der Waals surface area contributed by atoms with Gasteiger partial charge in [0.15, 0.2) is 22.3 Å². The fourth-order valence-electron chi connectivity index (χ4n) is 7.57. The molecule has 0 spiro atoms. The van der Waals surface area contributed by atoms with E-state index in [1.54, 1.807) is 48.2 Å². The van der Waals surface area contributed by atoms with Crippen LogP contribution < -0.4 is 38.0 Å². The summed E-state index contributed by atoms with van der Waals surface area (Å²) in [4.78, 5) is 108. The van der Waals surface area contributed by atoms with Crippen molar-refractivity contribution in [2.45, 2.75) is 52.4 Å². The topological polar surface area (TPSA) is 241 Å². The number of carbonyl (C=O) groups excluding carboxylic acids is 3. The number of aromatic nitrogens is 9. The molecule has 3 amide bonds. The number of fused-ring (bicyclic) bond motifs is 2. The number of aryl methyl sites for hydroxylation is 2. The van der Waals surface area contributed by atoms with Gasteiger partial charge in [0.2, 0.25) is 17.7 Å². The number of imidazole rings is 2. The number of ether oxygens (including phenoxy) is 1. The predicted octanol–water partition coefficient (Wildman–Crippen LogP) is 2.24. The number of nitrogens with zero attached hydrogens (tertiary/aromatic N) is 11. The maximum atomic E-state index is 14.0. The first kappa shape index (κ1) is 43.6. The highest BCUT2D eigenvalue weighted by molar-refractivity contribution is 5.94. The monoisotopic (exact) mass is 889 g/mol. The fourth-order valence-corrected chi connectivity index (χ4v) is 7.57. The summed E-state index contributed by atoms with van der Waals surface area (Å²) in [6.45, 7) is 8.94. The third kappa shape index (κ3) is 8.56. The summed E-state index contributed by atoms with van der Waals surface area (Å²) in [6, 6.07) is 13.0. The van der Waals surface area contributed by atoms with Crippen LogP contribution in [-0.4, -0.2) is 96.9 Å². The molecule has 22 heteroatoms. The van der Waals surface area contributed by atoms with Crippen LogP contribution in [0.4, 0.5) is 21.9 Å². The zero-order chi connectivity index (χ0) is 46.5. The van der Waals surface area contributed by atoms with Gasteiger partial charge < -0.3 is 38.7 Å². The number of piperazine rings is 1. The number of hydrogen-bond donors (Lipinski definition) is 2. The molecule has 2 N–H and O–H groups in total. The van der Waals surface area contributed by atoms with E-state index in [4.69, 9.17) is 9.15 Å². The molecule has 1 aliphatic heterocycles. The zero-order valence-electron chi connectivity index (χ0n) is 36.8. The molecule has 338 valence electrons. The van der Waals surface area contributed by atoms with Gasteiger partial charge in [-0.25, -0.2) is 29.3 Å². The lowest BCUT2D eigenvalue weighted by molar-refractivity contribution is -0.119. The Morgan fingerprint density at radius 1 is 0.769 bits per heavy atom. The third-order valence-electron chi connectivity index (χ3n) is 11.1. The standard InChI is InChI=1S/C43H47N13O9/c1-25(36(58)47-28-12-14-30(15-13-28)52-16-18-53(19-17-52)42(63)65-43(2,3)4)56-24-45-35-33(56)39(60)55(41(62)50(35)6)20-29-22-64-37(48-29)26-8-10-27(11-9-26)46-31(57)21-54-23-44-34-32(54)38(59)51(7)40(61)49(34)5/h8-15,22-25H,16-21H2,1-7H3,(H,46,57)(H,47,58). The molecule has 1 aliphatic rings. The van der Waals surface area contributed by atoms with E-state index in [1.807, 2.05) is 32.9 Å². The van der Waals surface area contributed by atoms with Gasteiger partial charge in [-0.3, -0.25) is 37.4 Å². The van der Waals surface area contributed by atoms with E-state index in [-0.39, 0.29) is 53.1 Å². The Bertz CT molecular complexity index is 3230. The molecule has 8 rings (SSSR count). The molecule has 65 heavy (non-hydrogen) atoms. The first-order chi connectivity index (χ1) is 30.9. The van der Waals surface area contributed by atoms with Crippen molar-refractivity contribution in [3.8, 4) is 11.5 Å². The minimum atomic E-state index is -0.901. The van der Waals surface area contributed by atoms with Gasteiger partial charge in [0.25, 0.3) is 11.1 Å². The molecule has 0 aliphatic carbocycles. The van der Waals surface area contributed by atoms with Gasteiger partial charge in [-0.15, -0.1) is 0 Å². The number of oxazole rings is 1. The van der Waals surface area contributed by atoms with Crippen molar-refractivity contribution in [2.24, 2.45) is 21.1 Å². The van der Waals surface area contributed by atoms with E-state index >= 15 is 0 Å². The van der Waals surface area contributed by atoms with Crippen molar-refractivity contribution in [1.82, 2.24) is 47.3 Å². The second-order valence-electron chi connectivity index (χ2n) is 16.7.